The van der Waals surface area contributed by atoms with Crippen LogP contribution in [0.15, 0.2) is 65.8 Å². The molecular weight excluding hydrogens is 442 g/mol. The van der Waals surface area contributed by atoms with Crippen molar-refractivity contribution in [3.8, 4) is 5.69 Å². The zero-order valence-electron chi connectivity index (χ0n) is 18.3. The molecule has 1 aliphatic heterocycles. The van der Waals surface area contributed by atoms with Gasteiger partial charge in [0.15, 0.2) is 5.65 Å². The Kier molecular flexibility index (Phi) is 5.79. The summed E-state index contributed by atoms with van der Waals surface area (Å²) in [6.45, 7) is 2.65. The second-order valence-electron chi connectivity index (χ2n) is 8.11. The van der Waals surface area contributed by atoms with Crippen LogP contribution in [0.2, 0.25) is 0 Å². The van der Waals surface area contributed by atoms with Gasteiger partial charge in [0, 0.05) is 44.8 Å². The summed E-state index contributed by atoms with van der Waals surface area (Å²) in [5.41, 5.74) is 1.61. The van der Waals surface area contributed by atoms with Crippen LogP contribution in [0.3, 0.4) is 0 Å². The number of nitrogens with zero attached hydrogens (tertiary/aromatic N) is 6. The summed E-state index contributed by atoms with van der Waals surface area (Å²) in [5.74, 6) is -0.673. The van der Waals surface area contributed by atoms with Crippen LogP contribution in [0, 0.1) is 11.6 Å². The van der Waals surface area contributed by atoms with Crippen molar-refractivity contribution in [3.05, 3.63) is 83.0 Å². The number of benzene rings is 2. The zero-order valence-corrected chi connectivity index (χ0v) is 18.3. The first kappa shape index (κ1) is 21.7. The number of amides is 1. The van der Waals surface area contributed by atoms with E-state index < -0.39 is 0 Å². The topological polar surface area (TPSA) is 76.3 Å². The van der Waals surface area contributed by atoms with Crippen molar-refractivity contribution in [2.45, 2.75) is 13.0 Å². The maximum Gasteiger partial charge on any atom is 0.264 e. The van der Waals surface area contributed by atoms with Gasteiger partial charge in [-0.25, -0.2) is 18.4 Å². The lowest BCUT2D eigenvalue weighted by Gasteiger charge is -2.36. The Morgan fingerprint density at radius 1 is 0.882 bits per heavy atom. The van der Waals surface area contributed by atoms with Gasteiger partial charge in [0.05, 0.1) is 18.2 Å². The third kappa shape index (κ3) is 4.26. The van der Waals surface area contributed by atoms with Gasteiger partial charge in [0.2, 0.25) is 5.91 Å². The number of carbonyl (C=O) groups excluding carboxylic acids is 1. The highest BCUT2D eigenvalue weighted by atomic mass is 19.1. The summed E-state index contributed by atoms with van der Waals surface area (Å²) < 4.78 is 29.2. The summed E-state index contributed by atoms with van der Waals surface area (Å²) in [5, 5.41) is 4.55. The van der Waals surface area contributed by atoms with Gasteiger partial charge in [-0.15, -0.1) is 0 Å². The first-order valence-electron chi connectivity index (χ1n) is 11.0. The van der Waals surface area contributed by atoms with Crippen molar-refractivity contribution < 1.29 is 13.6 Å². The van der Waals surface area contributed by atoms with Crippen LogP contribution < -0.4 is 10.5 Å². The molecule has 8 nitrogen and oxygen atoms in total. The lowest BCUT2D eigenvalue weighted by molar-refractivity contribution is -0.131. The van der Waals surface area contributed by atoms with Crippen LogP contribution in [0.1, 0.15) is 6.42 Å². The highest BCUT2D eigenvalue weighted by Gasteiger charge is 2.21. The lowest BCUT2D eigenvalue weighted by Crippen LogP contribution is -2.49. The predicted octanol–water partition coefficient (Wildman–Crippen LogP) is 2.60. The molecule has 1 fully saturated rings. The van der Waals surface area contributed by atoms with Crippen molar-refractivity contribution in [3.63, 3.8) is 0 Å². The van der Waals surface area contributed by atoms with Crippen LogP contribution >= 0.6 is 0 Å². The van der Waals surface area contributed by atoms with Crippen LogP contribution in [-0.2, 0) is 11.3 Å². The van der Waals surface area contributed by atoms with Crippen molar-refractivity contribution >= 4 is 22.6 Å². The molecule has 1 aliphatic rings. The number of piperazine rings is 1. The molecule has 0 radical (unpaired) electrons. The first-order valence-corrected chi connectivity index (χ1v) is 11.0. The molecule has 0 atom stereocenters. The Morgan fingerprint density at radius 2 is 1.50 bits per heavy atom. The van der Waals surface area contributed by atoms with E-state index in [0.717, 1.165) is 5.69 Å². The molecule has 34 heavy (non-hydrogen) atoms. The number of aromatic nitrogens is 4. The highest BCUT2D eigenvalue weighted by molar-refractivity contribution is 5.77. The molecule has 10 heteroatoms. The second kappa shape index (κ2) is 9.05. The third-order valence-electron chi connectivity index (χ3n) is 6.02. The Bertz CT molecular complexity index is 1370. The maximum atomic E-state index is 13.2. The van der Waals surface area contributed by atoms with Crippen molar-refractivity contribution in [1.82, 2.24) is 24.2 Å². The molecule has 0 saturated carbocycles. The number of hydrogen-bond donors (Lipinski definition) is 0. The Labute approximate surface area is 193 Å². The molecule has 0 aliphatic carbocycles. The molecule has 2 aromatic carbocycles. The number of anilines is 1. The molecule has 0 spiro atoms. The fraction of sp³-hybridized carbons (Fsp3) is 0.250. The smallest absolute Gasteiger partial charge is 0.264 e. The molecule has 0 N–H and O–H groups in total. The number of aryl methyl sites for hydroxylation is 1. The molecular formula is C24H22F2N6O2. The average molecular weight is 464 g/mol. The van der Waals surface area contributed by atoms with Crippen LogP contribution in [-0.4, -0.2) is 56.3 Å². The van der Waals surface area contributed by atoms with E-state index in [4.69, 9.17) is 0 Å². The number of hydrogen-bond acceptors (Lipinski definition) is 5. The largest absolute Gasteiger partial charge is 0.368 e. The van der Waals surface area contributed by atoms with Gasteiger partial charge in [-0.3, -0.25) is 14.2 Å². The molecule has 0 bridgehead atoms. The molecule has 1 saturated heterocycles. The number of fused-ring (bicyclic) bond motifs is 1. The van der Waals surface area contributed by atoms with Crippen LogP contribution in [0.25, 0.3) is 16.7 Å². The molecule has 5 rings (SSSR count). The van der Waals surface area contributed by atoms with Gasteiger partial charge in [-0.1, -0.05) is 0 Å². The van der Waals surface area contributed by atoms with E-state index in [1.54, 1.807) is 29.2 Å². The molecule has 174 valence electrons. The van der Waals surface area contributed by atoms with E-state index in [9.17, 15) is 18.4 Å². The monoisotopic (exact) mass is 464 g/mol. The SMILES string of the molecule is O=C(CCn1cnc2c(cnn2-c2ccc(F)cc2)c1=O)N1CCN(c2ccc(F)cc2)CC1. The minimum absolute atomic E-state index is 0.0345. The fourth-order valence-electron chi connectivity index (χ4n) is 4.12. The van der Waals surface area contributed by atoms with Crippen molar-refractivity contribution in [1.29, 1.82) is 0 Å². The Hall–Kier alpha value is -4.08. The third-order valence-corrected chi connectivity index (χ3v) is 6.02. The van der Waals surface area contributed by atoms with E-state index in [-0.39, 0.29) is 36.1 Å². The van der Waals surface area contributed by atoms with Crippen LogP contribution in [0.5, 0.6) is 0 Å². The van der Waals surface area contributed by atoms with Gasteiger partial charge in [0.25, 0.3) is 5.56 Å². The van der Waals surface area contributed by atoms with E-state index in [1.807, 2.05) is 0 Å². The van der Waals surface area contributed by atoms with E-state index in [1.165, 1.54) is 46.0 Å². The summed E-state index contributed by atoms with van der Waals surface area (Å²) in [6, 6.07) is 12.1. The second-order valence-corrected chi connectivity index (χ2v) is 8.11. The molecule has 0 unspecified atom stereocenters. The van der Waals surface area contributed by atoms with Gasteiger partial charge < -0.3 is 9.80 Å². The Morgan fingerprint density at radius 3 is 2.15 bits per heavy atom. The van der Waals surface area contributed by atoms with Gasteiger partial charge in [-0.2, -0.15) is 5.10 Å². The summed E-state index contributed by atoms with van der Waals surface area (Å²) in [6.07, 6.45) is 3.02. The molecule has 4 aromatic rings. The summed E-state index contributed by atoms with van der Waals surface area (Å²) in [4.78, 5) is 33.9. The molecule has 1 amide bonds. The predicted molar refractivity (Wildman–Crippen MR) is 123 cm³/mol. The standard InChI is InChI=1S/C24H22F2N6O2/c25-17-1-5-19(6-2-17)29-11-13-30(14-12-29)22(33)9-10-31-16-27-23-21(24(31)34)15-28-32(23)20-7-3-18(26)4-8-20/h1-8,15-16H,9-14H2. The van der Waals surface area contributed by atoms with Crippen molar-refractivity contribution in [2.75, 3.05) is 31.1 Å². The number of halogens is 2. The minimum Gasteiger partial charge on any atom is -0.368 e. The lowest BCUT2D eigenvalue weighted by atomic mass is 10.2. The summed E-state index contributed by atoms with van der Waals surface area (Å²) >= 11 is 0. The summed E-state index contributed by atoms with van der Waals surface area (Å²) in [7, 11) is 0. The van der Waals surface area contributed by atoms with Crippen LogP contribution in [0.4, 0.5) is 14.5 Å². The zero-order chi connectivity index (χ0) is 23.7. The minimum atomic E-state index is -0.364. The molecule has 2 aromatic heterocycles. The number of carbonyl (C=O) groups is 1. The fourth-order valence-corrected chi connectivity index (χ4v) is 4.12. The van der Waals surface area contributed by atoms with E-state index in [2.05, 4.69) is 15.0 Å². The van der Waals surface area contributed by atoms with E-state index in [0.29, 0.717) is 42.9 Å². The van der Waals surface area contributed by atoms with Gasteiger partial charge in [0.1, 0.15) is 17.0 Å². The van der Waals surface area contributed by atoms with E-state index >= 15 is 0 Å². The van der Waals surface area contributed by atoms with Gasteiger partial charge >= 0.3 is 0 Å². The van der Waals surface area contributed by atoms with Crippen molar-refractivity contribution in [2.24, 2.45) is 0 Å². The first-order chi connectivity index (χ1) is 16.5. The molecule has 3 heterocycles. The highest BCUT2D eigenvalue weighted by Crippen LogP contribution is 2.18. The average Bonchev–Trinajstić information content (AvgIpc) is 3.29. The normalized spacial score (nSPS) is 14.1. The maximum absolute atomic E-state index is 13.2. The quantitative estimate of drug-likeness (QED) is 0.454. The Balaban J connectivity index is 1.22. The number of rotatable bonds is 5. The van der Waals surface area contributed by atoms with Gasteiger partial charge in [-0.05, 0) is 48.5 Å².